The Labute approximate surface area is 179 Å². The monoisotopic (exact) mass is 415 g/mol. The van der Waals surface area contributed by atoms with Gasteiger partial charge < -0.3 is 25.0 Å². The summed E-state index contributed by atoms with van der Waals surface area (Å²) in [4.78, 5) is 9.00. The molecule has 2 rings (SSSR count). The second-order valence-corrected chi connectivity index (χ2v) is 7.03. The van der Waals surface area contributed by atoms with E-state index in [-0.39, 0.29) is 0 Å². The first-order valence-corrected chi connectivity index (χ1v) is 9.88. The van der Waals surface area contributed by atoms with Gasteiger partial charge in [0.2, 0.25) is 0 Å². The predicted molar refractivity (Wildman–Crippen MR) is 119 cm³/mol. The highest BCUT2D eigenvalue weighted by Gasteiger charge is 2.20. The van der Waals surface area contributed by atoms with E-state index in [1.54, 1.807) is 7.11 Å². The number of carboxylic acid groups (broad SMARTS) is 1. The highest BCUT2D eigenvalue weighted by atomic mass is 16.5. The number of rotatable bonds is 10. The molecule has 0 aliphatic carbocycles. The molecule has 0 aromatic heterocycles. The fourth-order valence-electron chi connectivity index (χ4n) is 2.79. The summed E-state index contributed by atoms with van der Waals surface area (Å²) in [5, 5.41) is 21.3. The summed E-state index contributed by atoms with van der Waals surface area (Å²) in [6, 6.07) is 14.0. The summed E-state index contributed by atoms with van der Waals surface area (Å²) in [7, 11) is 1.62. The van der Waals surface area contributed by atoms with Gasteiger partial charge in [-0.1, -0.05) is 56.3 Å². The molecular formula is C24H33NO5. The zero-order valence-corrected chi connectivity index (χ0v) is 18.2. The molecule has 1 unspecified atom stereocenters. The molecule has 0 aliphatic heterocycles. The average molecular weight is 416 g/mol. The van der Waals surface area contributed by atoms with Crippen molar-refractivity contribution in [1.82, 2.24) is 5.32 Å². The lowest BCUT2D eigenvalue weighted by Gasteiger charge is -2.22. The first-order valence-electron chi connectivity index (χ1n) is 9.88. The number of carboxylic acids is 1. The van der Waals surface area contributed by atoms with E-state index in [0.717, 1.165) is 23.6 Å². The highest BCUT2D eigenvalue weighted by molar-refractivity contribution is 5.63. The number of aliphatic carboxylic acids is 1. The fourth-order valence-corrected chi connectivity index (χ4v) is 2.79. The Balaban J connectivity index is 0.00000103. The van der Waals surface area contributed by atoms with Crippen LogP contribution in [0, 0.1) is 0 Å². The number of allylic oxidation sites excluding steroid dienone is 1. The van der Waals surface area contributed by atoms with E-state index < -0.39 is 12.1 Å². The minimum Gasteiger partial charge on any atom is -0.493 e. The Bertz CT molecular complexity index is 786. The van der Waals surface area contributed by atoms with Gasteiger partial charge in [0.1, 0.15) is 6.61 Å². The van der Waals surface area contributed by atoms with Crippen molar-refractivity contribution in [3.8, 4) is 11.5 Å². The molecule has 0 radical (unpaired) electrons. The predicted octanol–water partition coefficient (Wildman–Crippen LogP) is 4.13. The summed E-state index contributed by atoms with van der Waals surface area (Å²) in [6.07, 6.45) is 1.78. The van der Waals surface area contributed by atoms with Gasteiger partial charge in [0.15, 0.2) is 11.5 Å². The fraction of sp³-hybridized carbons (Fsp3) is 0.375. The van der Waals surface area contributed by atoms with Crippen molar-refractivity contribution in [3.05, 3.63) is 71.8 Å². The van der Waals surface area contributed by atoms with Crippen LogP contribution in [0.25, 0.3) is 0 Å². The molecular weight excluding hydrogens is 382 g/mol. The molecule has 0 bridgehead atoms. The second kappa shape index (κ2) is 13.4. The smallest absolute Gasteiger partial charge is 0.300 e. The van der Waals surface area contributed by atoms with E-state index in [4.69, 9.17) is 19.4 Å². The van der Waals surface area contributed by atoms with E-state index >= 15 is 0 Å². The van der Waals surface area contributed by atoms with Crippen molar-refractivity contribution in [2.24, 2.45) is 0 Å². The minimum atomic E-state index is -0.833. The zero-order valence-electron chi connectivity index (χ0n) is 18.2. The summed E-state index contributed by atoms with van der Waals surface area (Å²) >= 11 is 0. The summed E-state index contributed by atoms with van der Waals surface area (Å²) in [5.41, 5.74) is 2.82. The Morgan fingerprint density at radius 3 is 2.37 bits per heavy atom. The number of carbonyl (C=O) groups is 1. The molecule has 0 saturated heterocycles. The number of hydrogen-bond donors (Lipinski definition) is 3. The SMILES string of the molecule is C=CCc1c(C(O)CNC(C)C)ccc(OC)c1OCc1ccccc1.CC(=O)O. The van der Waals surface area contributed by atoms with E-state index in [1.807, 2.05) is 48.5 Å². The molecule has 0 aliphatic rings. The van der Waals surface area contributed by atoms with E-state index in [2.05, 4.69) is 25.7 Å². The maximum Gasteiger partial charge on any atom is 0.300 e. The van der Waals surface area contributed by atoms with Crippen molar-refractivity contribution in [3.63, 3.8) is 0 Å². The van der Waals surface area contributed by atoms with Crippen LogP contribution < -0.4 is 14.8 Å². The molecule has 164 valence electrons. The standard InChI is InChI=1S/C22H29NO3.C2H4O2/c1-5-9-19-18(20(24)14-23-16(2)3)12-13-21(25-4)22(19)26-15-17-10-7-6-8-11-17;1-2(3)4/h5-8,10-13,16,20,23-24H,1,9,14-15H2,2-4H3;1H3,(H,3,4). The van der Waals surface area contributed by atoms with Crippen LogP contribution in [-0.4, -0.2) is 35.9 Å². The quantitative estimate of drug-likeness (QED) is 0.506. The van der Waals surface area contributed by atoms with Crippen molar-refractivity contribution in [2.75, 3.05) is 13.7 Å². The van der Waals surface area contributed by atoms with Crippen molar-refractivity contribution in [1.29, 1.82) is 0 Å². The number of benzene rings is 2. The van der Waals surface area contributed by atoms with Gasteiger partial charge in [-0.05, 0) is 23.6 Å². The summed E-state index contributed by atoms with van der Waals surface area (Å²) in [6.45, 7) is 9.96. The van der Waals surface area contributed by atoms with Crippen LogP contribution in [0.2, 0.25) is 0 Å². The third kappa shape index (κ3) is 8.68. The van der Waals surface area contributed by atoms with E-state index in [1.165, 1.54) is 0 Å². The van der Waals surface area contributed by atoms with E-state index in [0.29, 0.717) is 37.1 Å². The number of aliphatic hydroxyl groups is 1. The van der Waals surface area contributed by atoms with Crippen molar-refractivity contribution < 1.29 is 24.5 Å². The zero-order chi connectivity index (χ0) is 22.5. The third-order valence-electron chi connectivity index (χ3n) is 4.13. The second-order valence-electron chi connectivity index (χ2n) is 7.03. The van der Waals surface area contributed by atoms with Crippen LogP contribution in [0.4, 0.5) is 0 Å². The lowest BCUT2D eigenvalue weighted by atomic mass is 9.97. The highest BCUT2D eigenvalue weighted by Crippen LogP contribution is 2.37. The van der Waals surface area contributed by atoms with Crippen molar-refractivity contribution in [2.45, 2.75) is 45.9 Å². The van der Waals surface area contributed by atoms with Gasteiger partial charge >= 0.3 is 0 Å². The van der Waals surface area contributed by atoms with Crippen molar-refractivity contribution >= 4 is 5.97 Å². The molecule has 3 N–H and O–H groups in total. The molecule has 0 heterocycles. The first-order chi connectivity index (χ1) is 14.3. The van der Waals surface area contributed by atoms with Crippen LogP contribution >= 0.6 is 0 Å². The number of aliphatic hydroxyl groups excluding tert-OH is 1. The van der Waals surface area contributed by atoms with Gasteiger partial charge in [-0.25, -0.2) is 0 Å². The Morgan fingerprint density at radius 2 is 1.83 bits per heavy atom. The molecule has 0 spiro atoms. The van der Waals surface area contributed by atoms with Crippen LogP contribution in [0.3, 0.4) is 0 Å². The third-order valence-corrected chi connectivity index (χ3v) is 4.13. The Morgan fingerprint density at radius 1 is 1.20 bits per heavy atom. The van der Waals surface area contributed by atoms with Crippen LogP contribution in [0.5, 0.6) is 11.5 Å². The Kier molecular flexibility index (Phi) is 11.3. The largest absolute Gasteiger partial charge is 0.493 e. The molecule has 0 amide bonds. The molecule has 1 atom stereocenters. The first kappa shape index (κ1) is 25.2. The van der Waals surface area contributed by atoms with Crippen LogP contribution in [0.15, 0.2) is 55.1 Å². The average Bonchev–Trinajstić information content (AvgIpc) is 2.71. The Hall–Kier alpha value is -2.83. The summed E-state index contributed by atoms with van der Waals surface area (Å²) in [5.74, 6) is 0.489. The molecule has 0 fully saturated rings. The molecule has 2 aromatic carbocycles. The molecule has 0 saturated carbocycles. The lowest BCUT2D eigenvalue weighted by molar-refractivity contribution is -0.134. The number of hydrogen-bond acceptors (Lipinski definition) is 5. The number of methoxy groups -OCH3 is 1. The molecule has 2 aromatic rings. The van der Waals surface area contributed by atoms with Gasteiger partial charge in [-0.2, -0.15) is 0 Å². The maximum atomic E-state index is 10.7. The van der Waals surface area contributed by atoms with Crippen LogP contribution in [-0.2, 0) is 17.8 Å². The molecule has 30 heavy (non-hydrogen) atoms. The maximum absolute atomic E-state index is 10.7. The van der Waals surface area contributed by atoms with Gasteiger partial charge in [-0.3, -0.25) is 4.79 Å². The molecule has 6 heteroatoms. The van der Waals surface area contributed by atoms with Gasteiger partial charge in [0.25, 0.3) is 5.97 Å². The number of nitrogens with one attached hydrogen (secondary N) is 1. The lowest BCUT2D eigenvalue weighted by Crippen LogP contribution is -2.28. The minimum absolute atomic E-state index is 0.305. The summed E-state index contributed by atoms with van der Waals surface area (Å²) < 4.78 is 11.6. The van der Waals surface area contributed by atoms with Crippen LogP contribution in [0.1, 0.15) is 43.6 Å². The van der Waals surface area contributed by atoms with E-state index in [9.17, 15) is 5.11 Å². The van der Waals surface area contributed by atoms with Gasteiger partial charge in [-0.15, -0.1) is 6.58 Å². The normalized spacial score (nSPS) is 11.3. The molecule has 6 nitrogen and oxygen atoms in total. The topological polar surface area (TPSA) is 88.0 Å². The van der Waals surface area contributed by atoms with Gasteiger partial charge in [0, 0.05) is 25.1 Å². The van der Waals surface area contributed by atoms with Gasteiger partial charge in [0.05, 0.1) is 13.2 Å². The number of ether oxygens (including phenoxy) is 2.